The predicted octanol–water partition coefficient (Wildman–Crippen LogP) is 3.99. The van der Waals surface area contributed by atoms with Gasteiger partial charge in [0.2, 0.25) is 0 Å². The molecule has 20 heavy (non-hydrogen) atoms. The van der Waals surface area contributed by atoms with E-state index in [4.69, 9.17) is 40.2 Å². The lowest BCUT2D eigenvalue weighted by Gasteiger charge is -2.23. The number of nitrogens with one attached hydrogen (secondary N) is 2. The van der Waals surface area contributed by atoms with Gasteiger partial charge in [-0.1, -0.05) is 23.2 Å². The van der Waals surface area contributed by atoms with Crippen molar-refractivity contribution in [2.45, 2.75) is 25.4 Å². The predicted molar refractivity (Wildman–Crippen MR) is 84.2 cm³/mol. The molecule has 0 aromatic heterocycles. The molecule has 1 aromatic rings. The molecule has 1 aliphatic rings. The summed E-state index contributed by atoms with van der Waals surface area (Å²) < 4.78 is 18.9. The van der Waals surface area contributed by atoms with Gasteiger partial charge in [0, 0.05) is 18.8 Å². The van der Waals surface area contributed by atoms with E-state index in [9.17, 15) is 4.39 Å². The van der Waals surface area contributed by atoms with Gasteiger partial charge < -0.3 is 15.4 Å². The molecule has 7 heteroatoms. The molecule has 1 saturated heterocycles. The van der Waals surface area contributed by atoms with Gasteiger partial charge in [0.25, 0.3) is 0 Å². The SMILES string of the molecule is Fc1c(Cl)cc(NC(=S)NCC2CCCCO2)cc1Cl. The van der Waals surface area contributed by atoms with Gasteiger partial charge in [-0.25, -0.2) is 4.39 Å². The third-order valence-electron chi connectivity index (χ3n) is 3.01. The fourth-order valence-corrected chi connectivity index (χ4v) is 2.67. The molecule has 0 radical (unpaired) electrons. The van der Waals surface area contributed by atoms with Crippen LogP contribution >= 0.6 is 35.4 Å². The summed E-state index contributed by atoms with van der Waals surface area (Å²) in [6.07, 6.45) is 3.51. The van der Waals surface area contributed by atoms with Crippen molar-refractivity contribution < 1.29 is 9.13 Å². The van der Waals surface area contributed by atoms with Crippen molar-refractivity contribution in [3.63, 3.8) is 0 Å². The fraction of sp³-hybridized carbons (Fsp3) is 0.462. The standard InChI is InChI=1S/C13H15Cl2FN2OS/c14-10-5-8(6-11(15)12(10)16)18-13(20)17-7-9-3-1-2-4-19-9/h5-6,9H,1-4,7H2,(H2,17,18,20). The van der Waals surface area contributed by atoms with Gasteiger partial charge >= 0.3 is 0 Å². The van der Waals surface area contributed by atoms with Crippen LogP contribution in [-0.4, -0.2) is 24.4 Å². The Morgan fingerprint density at radius 2 is 2.05 bits per heavy atom. The van der Waals surface area contributed by atoms with Gasteiger partial charge in [0.1, 0.15) is 0 Å². The molecule has 0 bridgehead atoms. The molecule has 0 aliphatic carbocycles. The molecular weight excluding hydrogens is 322 g/mol. The molecule has 1 aliphatic heterocycles. The summed E-state index contributed by atoms with van der Waals surface area (Å²) >= 11 is 16.6. The number of ether oxygens (including phenoxy) is 1. The second-order valence-corrected chi connectivity index (χ2v) is 5.80. The highest BCUT2D eigenvalue weighted by Gasteiger charge is 2.14. The summed E-state index contributed by atoms with van der Waals surface area (Å²) in [4.78, 5) is 0. The molecule has 2 N–H and O–H groups in total. The van der Waals surface area contributed by atoms with E-state index >= 15 is 0 Å². The molecular formula is C13H15Cl2FN2OS. The smallest absolute Gasteiger partial charge is 0.170 e. The van der Waals surface area contributed by atoms with Crippen LogP contribution in [-0.2, 0) is 4.74 Å². The maximum atomic E-state index is 13.3. The van der Waals surface area contributed by atoms with E-state index in [2.05, 4.69) is 10.6 Å². The lowest BCUT2D eigenvalue weighted by Crippen LogP contribution is -2.37. The summed E-state index contributed by atoms with van der Waals surface area (Å²) in [5, 5.41) is 6.33. The van der Waals surface area contributed by atoms with Crippen molar-refractivity contribution in [3.8, 4) is 0 Å². The van der Waals surface area contributed by atoms with Gasteiger partial charge in [-0.15, -0.1) is 0 Å². The molecule has 1 fully saturated rings. The fourth-order valence-electron chi connectivity index (χ4n) is 1.98. The Labute approximate surface area is 132 Å². The minimum Gasteiger partial charge on any atom is -0.376 e. The van der Waals surface area contributed by atoms with E-state index in [0.29, 0.717) is 17.3 Å². The molecule has 0 saturated carbocycles. The number of rotatable bonds is 3. The summed E-state index contributed by atoms with van der Waals surface area (Å²) in [7, 11) is 0. The highest BCUT2D eigenvalue weighted by atomic mass is 35.5. The van der Waals surface area contributed by atoms with Crippen LogP contribution in [0, 0.1) is 5.82 Å². The van der Waals surface area contributed by atoms with E-state index in [1.54, 1.807) is 0 Å². The Kier molecular flexibility index (Phi) is 5.84. The van der Waals surface area contributed by atoms with E-state index in [0.717, 1.165) is 19.4 Å². The average Bonchev–Trinajstić information content (AvgIpc) is 2.43. The maximum Gasteiger partial charge on any atom is 0.170 e. The van der Waals surface area contributed by atoms with Crippen LogP contribution < -0.4 is 10.6 Å². The Bertz CT molecular complexity index is 472. The van der Waals surface area contributed by atoms with Crippen LogP contribution in [0.1, 0.15) is 19.3 Å². The minimum atomic E-state index is -0.631. The lowest BCUT2D eigenvalue weighted by molar-refractivity contribution is 0.0196. The highest BCUT2D eigenvalue weighted by molar-refractivity contribution is 7.80. The largest absolute Gasteiger partial charge is 0.376 e. The van der Waals surface area contributed by atoms with E-state index in [1.807, 2.05) is 0 Å². The summed E-state index contributed by atoms with van der Waals surface area (Å²) in [5.74, 6) is -0.631. The first-order chi connectivity index (χ1) is 9.56. The van der Waals surface area contributed by atoms with E-state index in [1.165, 1.54) is 18.6 Å². The molecule has 1 heterocycles. The first-order valence-electron chi connectivity index (χ1n) is 6.37. The molecule has 110 valence electrons. The van der Waals surface area contributed by atoms with Crippen LogP contribution in [0.2, 0.25) is 10.0 Å². The van der Waals surface area contributed by atoms with Crippen LogP contribution in [0.4, 0.5) is 10.1 Å². The minimum absolute atomic E-state index is 0.0431. The Hall–Kier alpha value is -0.620. The number of thiocarbonyl (C=S) groups is 1. The Morgan fingerprint density at radius 3 is 2.65 bits per heavy atom. The summed E-state index contributed by atoms with van der Waals surface area (Å²) in [6.45, 7) is 1.45. The van der Waals surface area contributed by atoms with Gasteiger partial charge in [-0.05, 0) is 43.6 Å². The third-order valence-corrected chi connectivity index (χ3v) is 3.80. The number of anilines is 1. The zero-order valence-electron chi connectivity index (χ0n) is 10.7. The summed E-state index contributed by atoms with van der Waals surface area (Å²) in [6, 6.07) is 2.88. The zero-order valence-corrected chi connectivity index (χ0v) is 13.0. The van der Waals surface area contributed by atoms with Crippen molar-refractivity contribution in [1.82, 2.24) is 5.32 Å². The lowest BCUT2D eigenvalue weighted by atomic mass is 10.1. The van der Waals surface area contributed by atoms with Crippen LogP contribution in [0.15, 0.2) is 12.1 Å². The van der Waals surface area contributed by atoms with E-state index in [-0.39, 0.29) is 16.1 Å². The second-order valence-electron chi connectivity index (χ2n) is 4.58. The molecule has 1 unspecified atom stereocenters. The monoisotopic (exact) mass is 336 g/mol. The molecule has 3 nitrogen and oxygen atoms in total. The first kappa shape index (κ1) is 15.8. The number of hydrogen-bond acceptors (Lipinski definition) is 2. The van der Waals surface area contributed by atoms with Crippen molar-refractivity contribution >= 4 is 46.2 Å². The van der Waals surface area contributed by atoms with Gasteiger partial charge in [-0.3, -0.25) is 0 Å². The topological polar surface area (TPSA) is 33.3 Å². The van der Waals surface area contributed by atoms with Crippen LogP contribution in [0.25, 0.3) is 0 Å². The Morgan fingerprint density at radius 1 is 1.35 bits per heavy atom. The van der Waals surface area contributed by atoms with Crippen molar-refractivity contribution in [1.29, 1.82) is 0 Å². The average molecular weight is 337 g/mol. The quantitative estimate of drug-likeness (QED) is 0.646. The van der Waals surface area contributed by atoms with Crippen LogP contribution in [0.3, 0.4) is 0 Å². The normalized spacial score (nSPS) is 18.6. The first-order valence-corrected chi connectivity index (χ1v) is 7.53. The van der Waals surface area contributed by atoms with E-state index < -0.39 is 5.82 Å². The molecule has 0 amide bonds. The zero-order chi connectivity index (χ0) is 14.5. The molecule has 1 atom stereocenters. The molecule has 1 aromatic carbocycles. The second kappa shape index (κ2) is 7.41. The van der Waals surface area contributed by atoms with Crippen molar-refractivity contribution in [3.05, 3.63) is 28.0 Å². The van der Waals surface area contributed by atoms with Gasteiger partial charge in [0.15, 0.2) is 10.9 Å². The number of benzene rings is 1. The number of halogens is 3. The molecule has 2 rings (SSSR count). The molecule has 0 spiro atoms. The highest BCUT2D eigenvalue weighted by Crippen LogP contribution is 2.27. The van der Waals surface area contributed by atoms with Crippen LogP contribution in [0.5, 0.6) is 0 Å². The maximum absolute atomic E-state index is 13.3. The third kappa shape index (κ3) is 4.45. The summed E-state index contributed by atoms with van der Waals surface area (Å²) in [5.41, 5.74) is 0.545. The van der Waals surface area contributed by atoms with Gasteiger partial charge in [-0.2, -0.15) is 0 Å². The van der Waals surface area contributed by atoms with Crippen molar-refractivity contribution in [2.75, 3.05) is 18.5 Å². The van der Waals surface area contributed by atoms with Gasteiger partial charge in [0.05, 0.1) is 16.1 Å². The Balaban J connectivity index is 1.84. The number of hydrogen-bond donors (Lipinski definition) is 2. The van der Waals surface area contributed by atoms with Crippen molar-refractivity contribution in [2.24, 2.45) is 0 Å².